The van der Waals surface area contributed by atoms with E-state index in [2.05, 4.69) is 19.1 Å². The lowest BCUT2D eigenvalue weighted by molar-refractivity contribution is 0.0572. The highest BCUT2D eigenvalue weighted by atomic mass is 35.5. The van der Waals surface area contributed by atoms with Crippen LogP contribution < -0.4 is 0 Å². The smallest absolute Gasteiger partial charge is 0.409 e. The van der Waals surface area contributed by atoms with E-state index in [-0.39, 0.29) is 12.0 Å². The molecule has 1 aliphatic rings. The van der Waals surface area contributed by atoms with E-state index in [0.717, 1.165) is 34.1 Å². The first kappa shape index (κ1) is 23.1. The van der Waals surface area contributed by atoms with Gasteiger partial charge in [-0.3, -0.25) is 4.79 Å². The Morgan fingerprint density at radius 2 is 1.67 bits per heavy atom. The maximum absolute atomic E-state index is 13.6. The first-order valence-corrected chi connectivity index (χ1v) is 11.7. The lowest BCUT2D eigenvalue weighted by atomic mass is 10.00. The van der Waals surface area contributed by atoms with Gasteiger partial charge in [0, 0.05) is 42.2 Å². The van der Waals surface area contributed by atoms with Crippen LogP contribution in [0.5, 0.6) is 0 Å². The van der Waals surface area contributed by atoms with Gasteiger partial charge in [0.25, 0.3) is 5.91 Å². The molecule has 6 nitrogen and oxygen atoms in total. The number of aryl methyl sites for hydroxylation is 2. The van der Waals surface area contributed by atoms with Crippen LogP contribution in [-0.2, 0) is 11.2 Å². The number of aromatic nitrogens is 1. The lowest BCUT2D eigenvalue weighted by Crippen LogP contribution is -2.50. The largest absolute Gasteiger partial charge is 0.450 e. The molecule has 172 valence electrons. The van der Waals surface area contributed by atoms with Gasteiger partial charge in [0.2, 0.25) is 0 Å². The van der Waals surface area contributed by atoms with Crippen molar-refractivity contribution in [3.8, 4) is 11.3 Å². The van der Waals surface area contributed by atoms with Gasteiger partial charge in [-0.2, -0.15) is 0 Å². The molecule has 1 saturated heterocycles. The summed E-state index contributed by atoms with van der Waals surface area (Å²) in [4.78, 5) is 34.0. The number of carbonyl (C=O) groups is 2. The van der Waals surface area contributed by atoms with E-state index < -0.39 is 0 Å². The van der Waals surface area contributed by atoms with Gasteiger partial charge in [0.15, 0.2) is 0 Å². The predicted molar refractivity (Wildman–Crippen MR) is 131 cm³/mol. The molecule has 3 aromatic rings. The molecule has 0 N–H and O–H groups in total. The summed E-state index contributed by atoms with van der Waals surface area (Å²) < 4.78 is 5.09. The fourth-order valence-electron chi connectivity index (χ4n) is 4.12. The second-order valence-electron chi connectivity index (χ2n) is 8.15. The second-order valence-corrected chi connectivity index (χ2v) is 8.56. The van der Waals surface area contributed by atoms with Crippen molar-refractivity contribution in [2.24, 2.45) is 0 Å². The number of fused-ring (bicyclic) bond motifs is 1. The summed E-state index contributed by atoms with van der Waals surface area (Å²) in [6, 6.07) is 13.8. The van der Waals surface area contributed by atoms with Crippen LogP contribution in [0.15, 0.2) is 42.5 Å². The number of amides is 2. The Labute approximate surface area is 199 Å². The van der Waals surface area contributed by atoms with Crippen molar-refractivity contribution in [1.82, 2.24) is 14.8 Å². The average molecular weight is 466 g/mol. The van der Waals surface area contributed by atoms with Crippen LogP contribution in [0.2, 0.25) is 5.02 Å². The van der Waals surface area contributed by atoms with Crippen molar-refractivity contribution >= 4 is 34.5 Å². The molecule has 1 fully saturated rings. The van der Waals surface area contributed by atoms with Crippen LogP contribution in [0, 0.1) is 6.92 Å². The Kier molecular flexibility index (Phi) is 6.84. The summed E-state index contributed by atoms with van der Waals surface area (Å²) in [6.45, 7) is 7.97. The first-order chi connectivity index (χ1) is 15.9. The number of nitrogens with zero attached hydrogens (tertiary/aromatic N) is 3. The lowest BCUT2D eigenvalue weighted by Gasteiger charge is -2.34. The zero-order valence-corrected chi connectivity index (χ0v) is 20.0. The number of hydrogen-bond acceptors (Lipinski definition) is 4. The molecule has 4 rings (SSSR count). The van der Waals surface area contributed by atoms with Crippen molar-refractivity contribution in [2.45, 2.75) is 27.2 Å². The van der Waals surface area contributed by atoms with Crippen molar-refractivity contribution in [1.29, 1.82) is 0 Å². The summed E-state index contributed by atoms with van der Waals surface area (Å²) >= 11 is 6.39. The summed E-state index contributed by atoms with van der Waals surface area (Å²) in [5, 5.41) is 1.40. The van der Waals surface area contributed by atoms with E-state index in [1.54, 1.807) is 16.7 Å². The van der Waals surface area contributed by atoms with Crippen LogP contribution in [0.25, 0.3) is 22.2 Å². The van der Waals surface area contributed by atoms with Gasteiger partial charge in [-0.1, -0.05) is 48.9 Å². The molecule has 0 radical (unpaired) electrons. The number of carbonyl (C=O) groups excluding carboxylic acids is 2. The van der Waals surface area contributed by atoms with E-state index in [4.69, 9.17) is 21.3 Å². The molecule has 2 heterocycles. The number of ether oxygens (including phenoxy) is 1. The molecule has 1 aliphatic heterocycles. The van der Waals surface area contributed by atoms with Crippen molar-refractivity contribution in [2.75, 3.05) is 32.8 Å². The highest BCUT2D eigenvalue weighted by Crippen LogP contribution is 2.31. The normalized spacial score (nSPS) is 13.9. The van der Waals surface area contributed by atoms with Gasteiger partial charge >= 0.3 is 6.09 Å². The van der Waals surface area contributed by atoms with Crippen LogP contribution in [0.1, 0.15) is 35.3 Å². The van der Waals surface area contributed by atoms with E-state index in [1.807, 2.05) is 37.3 Å². The van der Waals surface area contributed by atoms with Crippen molar-refractivity contribution in [3.63, 3.8) is 0 Å². The predicted octanol–water partition coefficient (Wildman–Crippen LogP) is 5.34. The minimum Gasteiger partial charge on any atom is -0.450 e. The number of piperazine rings is 1. The van der Waals surface area contributed by atoms with Gasteiger partial charge in [-0.05, 0) is 43.5 Å². The van der Waals surface area contributed by atoms with Crippen molar-refractivity contribution < 1.29 is 14.3 Å². The topological polar surface area (TPSA) is 62.7 Å². The molecule has 1 aromatic heterocycles. The van der Waals surface area contributed by atoms with E-state index >= 15 is 0 Å². The first-order valence-electron chi connectivity index (χ1n) is 11.3. The maximum Gasteiger partial charge on any atom is 0.409 e. The standard InChI is InChI=1S/C26H28ClN3O3/c1-4-18-6-8-19(9-7-18)23-16-21(20-10-11-22(27)17(3)24(20)28-23)25(31)29-12-14-30(15-13-29)26(32)33-5-2/h6-11,16H,4-5,12-15H2,1-3H3. The third-order valence-electron chi connectivity index (χ3n) is 6.15. The highest BCUT2D eigenvalue weighted by Gasteiger charge is 2.27. The fraction of sp³-hybridized carbons (Fsp3) is 0.346. The SMILES string of the molecule is CCOC(=O)N1CCN(C(=O)c2cc(-c3ccc(CC)cc3)nc3c(C)c(Cl)ccc23)CC1. The van der Waals surface area contributed by atoms with Crippen LogP contribution in [0.4, 0.5) is 4.79 Å². The Hall–Kier alpha value is -3.12. The summed E-state index contributed by atoms with van der Waals surface area (Å²) in [7, 11) is 0. The maximum atomic E-state index is 13.6. The zero-order chi connectivity index (χ0) is 23.5. The van der Waals surface area contributed by atoms with Gasteiger partial charge in [-0.25, -0.2) is 9.78 Å². The molecule has 0 aliphatic carbocycles. The molecule has 0 atom stereocenters. The Balaban J connectivity index is 1.71. The summed E-state index contributed by atoms with van der Waals surface area (Å²) in [6.07, 6.45) is 0.629. The van der Waals surface area contributed by atoms with Crippen molar-refractivity contribution in [3.05, 3.63) is 64.2 Å². The number of pyridine rings is 1. The van der Waals surface area contributed by atoms with Gasteiger partial charge < -0.3 is 14.5 Å². The number of hydrogen-bond donors (Lipinski definition) is 0. The van der Waals surface area contributed by atoms with Gasteiger partial charge in [0.05, 0.1) is 23.4 Å². The van der Waals surface area contributed by atoms with Crippen LogP contribution in [0.3, 0.4) is 0 Å². The molecule has 2 aromatic carbocycles. The Morgan fingerprint density at radius 1 is 1.00 bits per heavy atom. The molecular formula is C26H28ClN3O3. The number of benzene rings is 2. The Bertz CT molecular complexity index is 1190. The average Bonchev–Trinajstić information content (AvgIpc) is 2.85. The monoisotopic (exact) mass is 465 g/mol. The molecule has 0 spiro atoms. The molecule has 0 saturated carbocycles. The minimum absolute atomic E-state index is 0.0703. The van der Waals surface area contributed by atoms with E-state index in [9.17, 15) is 9.59 Å². The molecular weight excluding hydrogens is 438 g/mol. The number of halogens is 1. The van der Waals surface area contributed by atoms with E-state index in [1.165, 1.54) is 5.56 Å². The minimum atomic E-state index is -0.331. The molecule has 0 bridgehead atoms. The molecule has 33 heavy (non-hydrogen) atoms. The van der Waals surface area contributed by atoms with Gasteiger partial charge in [0.1, 0.15) is 0 Å². The zero-order valence-electron chi connectivity index (χ0n) is 19.2. The van der Waals surface area contributed by atoms with Crippen LogP contribution in [-0.4, -0.2) is 59.6 Å². The quantitative estimate of drug-likeness (QED) is 0.521. The third-order valence-corrected chi connectivity index (χ3v) is 6.56. The molecule has 0 unspecified atom stereocenters. The van der Waals surface area contributed by atoms with E-state index in [0.29, 0.717) is 43.4 Å². The van der Waals surface area contributed by atoms with Crippen LogP contribution >= 0.6 is 11.6 Å². The molecule has 2 amide bonds. The second kappa shape index (κ2) is 9.79. The highest BCUT2D eigenvalue weighted by molar-refractivity contribution is 6.32. The fourth-order valence-corrected chi connectivity index (χ4v) is 4.27. The third kappa shape index (κ3) is 4.67. The molecule has 7 heteroatoms. The van der Waals surface area contributed by atoms with Gasteiger partial charge in [-0.15, -0.1) is 0 Å². The summed E-state index contributed by atoms with van der Waals surface area (Å²) in [5.74, 6) is -0.0703. The number of rotatable bonds is 4. The Morgan fingerprint density at radius 3 is 2.30 bits per heavy atom. The summed E-state index contributed by atoms with van der Waals surface area (Å²) in [5.41, 5.74) is 5.11.